The SMILES string of the molecule is CCC(=O)Nc1cccc(NC(=O)CNC(C)C)c1. The second-order valence-electron chi connectivity index (χ2n) is 4.57. The molecule has 0 saturated carbocycles. The van der Waals surface area contributed by atoms with Crippen LogP contribution in [0, 0.1) is 0 Å². The second-order valence-corrected chi connectivity index (χ2v) is 4.57. The number of hydrogen-bond donors (Lipinski definition) is 3. The lowest BCUT2D eigenvalue weighted by Gasteiger charge is -2.10. The molecule has 0 fully saturated rings. The minimum Gasteiger partial charge on any atom is -0.326 e. The quantitative estimate of drug-likeness (QED) is 0.735. The maximum Gasteiger partial charge on any atom is 0.238 e. The molecule has 0 bridgehead atoms. The summed E-state index contributed by atoms with van der Waals surface area (Å²) in [5.41, 5.74) is 1.35. The first-order valence-corrected chi connectivity index (χ1v) is 6.44. The van der Waals surface area contributed by atoms with E-state index in [2.05, 4.69) is 16.0 Å². The summed E-state index contributed by atoms with van der Waals surface area (Å²) in [5.74, 6) is -0.155. The Kier molecular flexibility index (Phi) is 6.02. The summed E-state index contributed by atoms with van der Waals surface area (Å²) in [6, 6.07) is 7.36. The third-order valence-electron chi connectivity index (χ3n) is 2.42. The summed E-state index contributed by atoms with van der Waals surface area (Å²) in [6.07, 6.45) is 0.425. The first kappa shape index (κ1) is 15.2. The predicted molar refractivity (Wildman–Crippen MR) is 77.1 cm³/mol. The molecular formula is C14H21N3O2. The number of carbonyl (C=O) groups is 2. The van der Waals surface area contributed by atoms with Crippen molar-refractivity contribution in [2.75, 3.05) is 17.2 Å². The third-order valence-corrected chi connectivity index (χ3v) is 2.42. The van der Waals surface area contributed by atoms with E-state index in [4.69, 9.17) is 0 Å². The maximum absolute atomic E-state index is 11.6. The minimum absolute atomic E-state index is 0.0510. The molecule has 0 heterocycles. The monoisotopic (exact) mass is 263 g/mol. The van der Waals surface area contributed by atoms with Crippen LogP contribution in [0.5, 0.6) is 0 Å². The summed E-state index contributed by atoms with van der Waals surface area (Å²) >= 11 is 0. The number of carbonyl (C=O) groups excluding carboxylic acids is 2. The van der Waals surface area contributed by atoms with Gasteiger partial charge in [0.15, 0.2) is 0 Å². The largest absolute Gasteiger partial charge is 0.326 e. The van der Waals surface area contributed by atoms with Gasteiger partial charge in [0.25, 0.3) is 0 Å². The molecule has 2 amide bonds. The Morgan fingerprint density at radius 2 is 1.68 bits per heavy atom. The van der Waals surface area contributed by atoms with Gasteiger partial charge in [-0.05, 0) is 18.2 Å². The van der Waals surface area contributed by atoms with Crippen LogP contribution < -0.4 is 16.0 Å². The van der Waals surface area contributed by atoms with Gasteiger partial charge in [-0.3, -0.25) is 9.59 Å². The summed E-state index contributed by atoms with van der Waals surface area (Å²) in [6.45, 7) is 6.02. The average molecular weight is 263 g/mol. The van der Waals surface area contributed by atoms with Crippen LogP contribution >= 0.6 is 0 Å². The van der Waals surface area contributed by atoms with Crippen molar-refractivity contribution in [3.63, 3.8) is 0 Å². The van der Waals surface area contributed by atoms with Crippen LogP contribution in [-0.2, 0) is 9.59 Å². The van der Waals surface area contributed by atoms with E-state index >= 15 is 0 Å². The van der Waals surface area contributed by atoms with Crippen LogP contribution in [0.3, 0.4) is 0 Å². The fourth-order valence-corrected chi connectivity index (χ4v) is 1.43. The van der Waals surface area contributed by atoms with Crippen molar-refractivity contribution < 1.29 is 9.59 Å². The van der Waals surface area contributed by atoms with Gasteiger partial charge in [-0.1, -0.05) is 26.8 Å². The molecule has 0 radical (unpaired) electrons. The molecule has 1 rings (SSSR count). The van der Waals surface area contributed by atoms with Crippen molar-refractivity contribution in [2.24, 2.45) is 0 Å². The Balaban J connectivity index is 2.56. The number of benzene rings is 1. The van der Waals surface area contributed by atoms with Crippen molar-refractivity contribution in [3.05, 3.63) is 24.3 Å². The lowest BCUT2D eigenvalue weighted by Crippen LogP contribution is -2.32. The first-order valence-electron chi connectivity index (χ1n) is 6.44. The molecule has 0 aliphatic rings. The van der Waals surface area contributed by atoms with Crippen molar-refractivity contribution in [2.45, 2.75) is 33.2 Å². The Morgan fingerprint density at radius 3 is 2.21 bits per heavy atom. The van der Waals surface area contributed by atoms with Gasteiger partial charge in [0.1, 0.15) is 0 Å². The topological polar surface area (TPSA) is 70.2 Å². The van der Waals surface area contributed by atoms with Crippen molar-refractivity contribution in [1.82, 2.24) is 5.32 Å². The summed E-state index contributed by atoms with van der Waals surface area (Å²) in [4.78, 5) is 22.9. The molecule has 1 aromatic carbocycles. The summed E-state index contributed by atoms with van der Waals surface area (Å²) in [7, 11) is 0. The first-order chi connectivity index (χ1) is 9.01. The molecule has 0 spiro atoms. The fraction of sp³-hybridized carbons (Fsp3) is 0.429. The molecule has 0 aromatic heterocycles. The molecule has 5 nitrogen and oxygen atoms in total. The van der Waals surface area contributed by atoms with Gasteiger partial charge >= 0.3 is 0 Å². The summed E-state index contributed by atoms with van der Waals surface area (Å²) in [5, 5.41) is 8.57. The van der Waals surface area contributed by atoms with Gasteiger partial charge in [-0.2, -0.15) is 0 Å². The zero-order chi connectivity index (χ0) is 14.3. The molecule has 3 N–H and O–H groups in total. The van der Waals surface area contributed by atoms with Gasteiger partial charge in [0, 0.05) is 23.8 Å². The van der Waals surface area contributed by atoms with Gasteiger partial charge < -0.3 is 16.0 Å². The van der Waals surface area contributed by atoms with E-state index in [1.54, 1.807) is 31.2 Å². The highest BCUT2D eigenvalue weighted by Gasteiger charge is 2.04. The number of amides is 2. The van der Waals surface area contributed by atoms with Crippen molar-refractivity contribution in [1.29, 1.82) is 0 Å². The van der Waals surface area contributed by atoms with Crippen molar-refractivity contribution >= 4 is 23.2 Å². The zero-order valence-electron chi connectivity index (χ0n) is 11.6. The van der Waals surface area contributed by atoms with Gasteiger partial charge in [0.05, 0.1) is 6.54 Å². The molecular weight excluding hydrogens is 242 g/mol. The Bertz CT molecular complexity index is 444. The molecule has 104 valence electrons. The fourth-order valence-electron chi connectivity index (χ4n) is 1.43. The Hall–Kier alpha value is -1.88. The Morgan fingerprint density at radius 1 is 1.11 bits per heavy atom. The van der Waals surface area contributed by atoms with Crippen LogP contribution in [-0.4, -0.2) is 24.4 Å². The van der Waals surface area contributed by atoms with Gasteiger partial charge in [-0.15, -0.1) is 0 Å². The Labute approximate surface area is 113 Å². The highest BCUT2D eigenvalue weighted by atomic mass is 16.2. The molecule has 0 aliphatic carbocycles. The maximum atomic E-state index is 11.6. The molecule has 1 aromatic rings. The number of nitrogens with one attached hydrogen (secondary N) is 3. The van der Waals surface area contributed by atoms with E-state index in [0.29, 0.717) is 17.8 Å². The lowest BCUT2D eigenvalue weighted by atomic mass is 10.2. The van der Waals surface area contributed by atoms with E-state index < -0.39 is 0 Å². The molecule has 19 heavy (non-hydrogen) atoms. The molecule has 0 unspecified atom stereocenters. The number of anilines is 2. The normalized spacial score (nSPS) is 10.3. The van der Waals surface area contributed by atoms with Crippen LogP contribution in [0.4, 0.5) is 11.4 Å². The van der Waals surface area contributed by atoms with Crippen LogP contribution in [0.1, 0.15) is 27.2 Å². The predicted octanol–water partition coefficient (Wildman–Crippen LogP) is 1.97. The van der Waals surface area contributed by atoms with E-state index in [-0.39, 0.29) is 24.4 Å². The minimum atomic E-state index is -0.104. The summed E-state index contributed by atoms with van der Waals surface area (Å²) < 4.78 is 0. The van der Waals surface area contributed by atoms with E-state index in [1.807, 2.05) is 13.8 Å². The zero-order valence-corrected chi connectivity index (χ0v) is 11.6. The van der Waals surface area contributed by atoms with E-state index in [9.17, 15) is 9.59 Å². The van der Waals surface area contributed by atoms with E-state index in [1.165, 1.54) is 0 Å². The van der Waals surface area contributed by atoms with E-state index in [0.717, 1.165) is 0 Å². The smallest absolute Gasteiger partial charge is 0.238 e. The lowest BCUT2D eigenvalue weighted by molar-refractivity contribution is -0.116. The molecule has 0 atom stereocenters. The van der Waals surface area contributed by atoms with Crippen LogP contribution in [0.15, 0.2) is 24.3 Å². The number of rotatable bonds is 6. The molecule has 5 heteroatoms. The molecule has 0 aliphatic heterocycles. The second kappa shape index (κ2) is 7.53. The van der Waals surface area contributed by atoms with Crippen molar-refractivity contribution in [3.8, 4) is 0 Å². The van der Waals surface area contributed by atoms with Crippen LogP contribution in [0.25, 0.3) is 0 Å². The highest BCUT2D eigenvalue weighted by Crippen LogP contribution is 2.15. The van der Waals surface area contributed by atoms with Gasteiger partial charge in [0.2, 0.25) is 11.8 Å². The molecule has 0 saturated heterocycles. The number of hydrogen-bond acceptors (Lipinski definition) is 3. The highest BCUT2D eigenvalue weighted by molar-refractivity contribution is 5.94. The van der Waals surface area contributed by atoms with Gasteiger partial charge in [-0.25, -0.2) is 0 Å². The van der Waals surface area contributed by atoms with Crippen LogP contribution in [0.2, 0.25) is 0 Å². The standard InChI is InChI=1S/C14H21N3O2/c1-4-13(18)16-11-6-5-7-12(8-11)17-14(19)9-15-10(2)3/h5-8,10,15H,4,9H2,1-3H3,(H,16,18)(H,17,19). The third kappa shape index (κ3) is 6.01. The average Bonchev–Trinajstić information content (AvgIpc) is 2.36.